The topological polar surface area (TPSA) is 171 Å². The van der Waals surface area contributed by atoms with E-state index in [1.165, 1.54) is 16.7 Å². The number of carbonyl (C=O) groups is 4. The number of rotatable bonds is 12. The molecule has 1 aromatic carbocycles. The Hall–Kier alpha value is -3.96. The summed E-state index contributed by atoms with van der Waals surface area (Å²) in [5.74, 6) is -1.50. The molecule has 4 rings (SSSR count). The predicted octanol–water partition coefficient (Wildman–Crippen LogP) is 3.22. The first-order chi connectivity index (χ1) is 21.4. The van der Waals surface area contributed by atoms with E-state index in [0.717, 1.165) is 11.5 Å². The summed E-state index contributed by atoms with van der Waals surface area (Å²) in [6.07, 6.45) is -0.793. The molecule has 2 aromatic rings. The van der Waals surface area contributed by atoms with Crippen molar-refractivity contribution in [3.63, 3.8) is 0 Å². The van der Waals surface area contributed by atoms with E-state index in [1.54, 1.807) is 52.1 Å². The minimum atomic E-state index is -1.06. The molecule has 2 aliphatic heterocycles. The number of aromatic nitrogens is 2. The number of fused-ring (bicyclic) bond motifs is 1. The zero-order valence-corrected chi connectivity index (χ0v) is 27.0. The Morgan fingerprint density at radius 2 is 1.96 bits per heavy atom. The number of thioether (sulfide) groups is 1. The Kier molecular flexibility index (Phi) is 11.2. The van der Waals surface area contributed by atoms with E-state index < -0.39 is 59.9 Å². The molecular weight excluding hydrogens is 655 g/mol. The Bertz CT molecular complexity index is 1500. The van der Waals surface area contributed by atoms with Gasteiger partial charge >= 0.3 is 12.1 Å². The first-order valence-electron chi connectivity index (χ1n) is 13.4. The maximum absolute atomic E-state index is 13.3. The summed E-state index contributed by atoms with van der Waals surface area (Å²) < 4.78 is 32.5. The number of hydrogen-bond acceptors (Lipinski definition) is 13. The van der Waals surface area contributed by atoms with Crippen molar-refractivity contribution in [3.05, 3.63) is 46.9 Å². The fourth-order valence-corrected chi connectivity index (χ4v) is 6.25. The van der Waals surface area contributed by atoms with Crippen LogP contribution in [0.15, 0.2) is 40.7 Å². The monoisotopic (exact) mass is 684 g/mol. The molecule has 0 spiro atoms. The molecule has 2 N–H and O–H groups in total. The molecule has 0 saturated carbocycles. The maximum Gasteiger partial charge on any atom is 0.414 e. The van der Waals surface area contributed by atoms with Gasteiger partial charge < -0.3 is 24.4 Å². The number of methoxy groups -OCH3 is 1. The second-order valence-corrected chi connectivity index (χ2v) is 12.5. The highest BCUT2D eigenvalue weighted by molar-refractivity contribution is 8.00. The van der Waals surface area contributed by atoms with Gasteiger partial charge in [0.15, 0.2) is 0 Å². The zero-order valence-electron chi connectivity index (χ0n) is 24.6. The van der Waals surface area contributed by atoms with E-state index >= 15 is 0 Å². The number of ether oxygens (including phenoxy) is 3. The number of esters is 1. The number of amides is 3. The van der Waals surface area contributed by atoms with Crippen LogP contribution in [0.2, 0.25) is 0 Å². The second-order valence-electron chi connectivity index (χ2n) is 10.4. The van der Waals surface area contributed by atoms with Crippen molar-refractivity contribution >= 4 is 69.6 Å². The number of nitrogens with zero attached hydrogens (tertiary/aromatic N) is 4. The molecule has 242 valence electrons. The number of anilines is 1. The van der Waals surface area contributed by atoms with Gasteiger partial charge in [-0.15, -0.1) is 23.4 Å². The average Bonchev–Trinajstić information content (AvgIpc) is 3.46. The van der Waals surface area contributed by atoms with Gasteiger partial charge in [-0.05, 0) is 44.0 Å². The van der Waals surface area contributed by atoms with Crippen LogP contribution in [0.3, 0.4) is 0 Å². The number of oxime groups is 1. The number of halogens is 2. The summed E-state index contributed by atoms with van der Waals surface area (Å²) in [5, 5.41) is 7.99. The van der Waals surface area contributed by atoms with Crippen molar-refractivity contribution in [1.29, 1.82) is 0 Å². The molecule has 0 bridgehead atoms. The van der Waals surface area contributed by atoms with Crippen molar-refractivity contribution in [2.75, 3.05) is 37.3 Å². The van der Waals surface area contributed by atoms with Gasteiger partial charge in [0.2, 0.25) is 16.7 Å². The molecule has 1 aromatic heterocycles. The van der Waals surface area contributed by atoms with Gasteiger partial charge in [0, 0.05) is 23.2 Å². The number of hydrogen-bond donors (Lipinski definition) is 2. The highest BCUT2D eigenvalue weighted by Crippen LogP contribution is 2.41. The molecule has 3 amide bonds. The van der Waals surface area contributed by atoms with E-state index in [2.05, 4.69) is 25.1 Å². The molecule has 0 aliphatic carbocycles. The Morgan fingerprint density at radius 1 is 1.22 bits per heavy atom. The van der Waals surface area contributed by atoms with Crippen LogP contribution in [0.4, 0.5) is 14.3 Å². The molecule has 3 heterocycles. The molecule has 2 aliphatic rings. The fourth-order valence-electron chi connectivity index (χ4n) is 4.01. The quantitative estimate of drug-likeness (QED) is 0.0840. The lowest BCUT2D eigenvalue weighted by molar-refractivity contribution is -0.153. The maximum atomic E-state index is 13.3. The smallest absolute Gasteiger partial charge is 0.414 e. The number of alkyl halides is 2. The summed E-state index contributed by atoms with van der Waals surface area (Å²) in [6, 6.07) is 5.88. The van der Waals surface area contributed by atoms with Crippen molar-refractivity contribution in [2.45, 2.75) is 44.4 Å². The van der Waals surface area contributed by atoms with E-state index in [9.17, 15) is 23.6 Å². The lowest BCUT2D eigenvalue weighted by Gasteiger charge is -2.49. The van der Waals surface area contributed by atoms with Crippen LogP contribution in [-0.4, -0.2) is 92.9 Å². The highest BCUT2D eigenvalue weighted by Gasteiger charge is 2.54. The molecule has 2 atom stereocenters. The molecule has 2 unspecified atom stereocenters. The third-order valence-corrected chi connectivity index (χ3v) is 8.30. The van der Waals surface area contributed by atoms with Crippen LogP contribution in [0.5, 0.6) is 5.75 Å². The molecular formula is C27H30ClFN6O8S2. The highest BCUT2D eigenvalue weighted by atomic mass is 35.5. The van der Waals surface area contributed by atoms with Crippen LogP contribution in [0, 0.1) is 0 Å². The SMILES string of the molecule is COc1ccc(COC(=O)C2=C(CCl)CSC3C(NC(=O)/C(=N\OCCF)c4nsc(NC(=O)OC(C)(C)C)n4)C(=O)N23)cc1. The Balaban J connectivity index is 1.45. The molecule has 45 heavy (non-hydrogen) atoms. The van der Waals surface area contributed by atoms with Crippen LogP contribution in [0.25, 0.3) is 0 Å². The number of nitrogens with one attached hydrogen (secondary N) is 2. The van der Waals surface area contributed by atoms with Gasteiger partial charge in [0.25, 0.3) is 11.8 Å². The second kappa shape index (κ2) is 14.9. The average molecular weight is 685 g/mol. The standard InChI is InChI=1S/C27H30ClFN6O8S2/c1-27(2,3)43-26(39)32-25-31-20(34-45-25)17(33-42-10-9-29)21(36)30-18-22(37)35-19(15(11-28)13-44-23(18)35)24(38)41-12-14-5-7-16(40-4)8-6-14/h5-8,18,23H,9-13H2,1-4H3,(H,30,36)(H,31,32,34,39)/b33-17-. The van der Waals surface area contributed by atoms with Crippen LogP contribution < -0.4 is 15.4 Å². The molecule has 14 nitrogen and oxygen atoms in total. The summed E-state index contributed by atoms with van der Waals surface area (Å²) in [7, 11) is 1.54. The number of carbonyl (C=O) groups excluding carboxylic acids is 4. The van der Waals surface area contributed by atoms with E-state index in [-0.39, 0.29) is 29.1 Å². The van der Waals surface area contributed by atoms with Crippen molar-refractivity contribution < 1.29 is 42.6 Å². The van der Waals surface area contributed by atoms with Gasteiger partial charge in [0.1, 0.15) is 48.4 Å². The van der Waals surface area contributed by atoms with Crippen LogP contribution >= 0.6 is 34.9 Å². The summed E-state index contributed by atoms with van der Waals surface area (Å²) in [6.45, 7) is 3.67. The summed E-state index contributed by atoms with van der Waals surface area (Å²) in [4.78, 5) is 62.1. The normalized spacial score (nSPS) is 18.0. The third-order valence-electron chi connectivity index (χ3n) is 6.00. The molecule has 0 radical (unpaired) electrons. The lowest BCUT2D eigenvalue weighted by Crippen LogP contribution is -2.71. The van der Waals surface area contributed by atoms with Gasteiger partial charge in [0.05, 0.1) is 7.11 Å². The lowest BCUT2D eigenvalue weighted by atomic mass is 10.0. The number of benzene rings is 1. The first-order valence-corrected chi connectivity index (χ1v) is 15.7. The van der Waals surface area contributed by atoms with Crippen molar-refractivity contribution in [2.24, 2.45) is 5.16 Å². The van der Waals surface area contributed by atoms with E-state index in [1.807, 2.05) is 0 Å². The predicted molar refractivity (Wildman–Crippen MR) is 164 cm³/mol. The van der Waals surface area contributed by atoms with E-state index in [0.29, 0.717) is 22.6 Å². The first kappa shape index (κ1) is 33.9. The zero-order chi connectivity index (χ0) is 32.7. The summed E-state index contributed by atoms with van der Waals surface area (Å²) in [5.41, 5.74) is 0.0182. The van der Waals surface area contributed by atoms with Gasteiger partial charge in [-0.3, -0.25) is 19.8 Å². The third kappa shape index (κ3) is 8.40. The minimum absolute atomic E-state index is 0.00416. The minimum Gasteiger partial charge on any atom is -0.497 e. The Labute approximate surface area is 270 Å². The molecule has 1 saturated heterocycles. The van der Waals surface area contributed by atoms with Gasteiger partial charge in [-0.25, -0.2) is 14.0 Å². The van der Waals surface area contributed by atoms with Crippen LogP contribution in [0.1, 0.15) is 32.2 Å². The van der Waals surface area contributed by atoms with Crippen molar-refractivity contribution in [1.82, 2.24) is 19.6 Å². The van der Waals surface area contributed by atoms with Crippen molar-refractivity contribution in [3.8, 4) is 5.75 Å². The molecule has 18 heteroatoms. The molecule has 1 fully saturated rings. The number of β-lactam (4-membered cyclic amide) rings is 1. The van der Waals surface area contributed by atoms with E-state index in [4.69, 9.17) is 30.6 Å². The largest absolute Gasteiger partial charge is 0.497 e. The fraction of sp³-hybridized carbons (Fsp3) is 0.444. The Morgan fingerprint density at radius 3 is 2.60 bits per heavy atom. The summed E-state index contributed by atoms with van der Waals surface area (Å²) >= 11 is 8.14. The van der Waals surface area contributed by atoms with Crippen LogP contribution in [-0.2, 0) is 35.3 Å². The van der Waals surface area contributed by atoms with Gasteiger partial charge in [-0.1, -0.05) is 17.3 Å². The van der Waals surface area contributed by atoms with Gasteiger partial charge in [-0.2, -0.15) is 9.36 Å².